The highest BCUT2D eigenvalue weighted by atomic mass is 79.9. The van der Waals surface area contributed by atoms with Crippen molar-refractivity contribution in [2.45, 2.75) is 12.5 Å². The third kappa shape index (κ3) is 2.58. The minimum Gasteiger partial charge on any atom is -0.368 e. The molecule has 0 aliphatic heterocycles. The van der Waals surface area contributed by atoms with Crippen molar-refractivity contribution in [2.24, 2.45) is 11.5 Å². The molecule has 0 saturated heterocycles. The van der Waals surface area contributed by atoms with E-state index in [4.69, 9.17) is 11.5 Å². The van der Waals surface area contributed by atoms with Gasteiger partial charge < -0.3 is 11.5 Å². The molecule has 1 rings (SSSR count). The standard InChI is InChI=1S/C7H9BrN2OS/c8-6-2-1-4(12-6)3-5(9)7(10)11/h1-2,5H,3,9H2,(H2,10,11)/t5-/m0/s1. The molecular weight excluding hydrogens is 240 g/mol. The van der Waals surface area contributed by atoms with Crippen LogP contribution in [0.1, 0.15) is 4.88 Å². The van der Waals surface area contributed by atoms with Gasteiger partial charge in [0.05, 0.1) is 9.83 Å². The molecule has 1 aromatic heterocycles. The largest absolute Gasteiger partial charge is 0.368 e. The lowest BCUT2D eigenvalue weighted by atomic mass is 10.2. The summed E-state index contributed by atoms with van der Waals surface area (Å²) in [5.74, 6) is -0.459. The van der Waals surface area contributed by atoms with E-state index in [1.807, 2.05) is 12.1 Å². The summed E-state index contributed by atoms with van der Waals surface area (Å²) in [5.41, 5.74) is 10.5. The van der Waals surface area contributed by atoms with Gasteiger partial charge in [0.15, 0.2) is 0 Å². The van der Waals surface area contributed by atoms with E-state index in [0.717, 1.165) is 8.66 Å². The fraction of sp³-hybridized carbons (Fsp3) is 0.286. The maximum atomic E-state index is 10.6. The van der Waals surface area contributed by atoms with Crippen LogP contribution in [0.25, 0.3) is 0 Å². The van der Waals surface area contributed by atoms with E-state index in [0.29, 0.717) is 6.42 Å². The van der Waals surface area contributed by atoms with E-state index in [-0.39, 0.29) is 0 Å². The number of carbonyl (C=O) groups excluding carboxylic acids is 1. The predicted molar refractivity (Wildman–Crippen MR) is 52.9 cm³/mol. The third-order valence-electron chi connectivity index (χ3n) is 1.42. The van der Waals surface area contributed by atoms with Crippen molar-refractivity contribution < 1.29 is 4.79 Å². The zero-order chi connectivity index (χ0) is 9.14. The smallest absolute Gasteiger partial charge is 0.234 e. The second kappa shape index (κ2) is 4.02. The molecule has 0 bridgehead atoms. The summed E-state index contributed by atoms with van der Waals surface area (Å²) in [6.45, 7) is 0. The van der Waals surface area contributed by atoms with E-state index in [1.54, 1.807) is 11.3 Å². The molecule has 0 aliphatic rings. The Hall–Kier alpha value is -0.390. The van der Waals surface area contributed by atoms with Gasteiger partial charge in [0.2, 0.25) is 5.91 Å². The molecule has 0 aliphatic carbocycles. The van der Waals surface area contributed by atoms with Crippen LogP contribution >= 0.6 is 27.3 Å². The molecule has 1 aromatic rings. The summed E-state index contributed by atoms with van der Waals surface area (Å²) >= 11 is 4.88. The van der Waals surface area contributed by atoms with Gasteiger partial charge in [-0.05, 0) is 28.1 Å². The minimum absolute atomic E-state index is 0.459. The second-order valence-electron chi connectivity index (χ2n) is 2.42. The maximum absolute atomic E-state index is 10.6. The van der Waals surface area contributed by atoms with Gasteiger partial charge in [0.25, 0.3) is 0 Å². The summed E-state index contributed by atoms with van der Waals surface area (Å²) in [6.07, 6.45) is 0.519. The van der Waals surface area contributed by atoms with Gasteiger partial charge in [0.1, 0.15) is 0 Å². The van der Waals surface area contributed by atoms with Crippen LogP contribution < -0.4 is 11.5 Å². The zero-order valence-electron chi connectivity index (χ0n) is 6.29. The number of nitrogens with two attached hydrogens (primary N) is 2. The number of thiophene rings is 1. The van der Waals surface area contributed by atoms with Gasteiger partial charge in [-0.3, -0.25) is 4.79 Å². The number of carbonyl (C=O) groups is 1. The van der Waals surface area contributed by atoms with E-state index < -0.39 is 11.9 Å². The average molecular weight is 249 g/mol. The number of rotatable bonds is 3. The molecule has 0 radical (unpaired) electrons. The Kier molecular flexibility index (Phi) is 3.25. The van der Waals surface area contributed by atoms with E-state index in [9.17, 15) is 4.79 Å². The number of primary amides is 1. The third-order valence-corrected chi connectivity index (χ3v) is 3.06. The Bertz CT molecular complexity index is 287. The number of hydrogen-bond donors (Lipinski definition) is 2. The van der Waals surface area contributed by atoms with Crippen molar-refractivity contribution in [3.8, 4) is 0 Å². The van der Waals surface area contributed by atoms with Crippen molar-refractivity contribution in [3.63, 3.8) is 0 Å². The van der Waals surface area contributed by atoms with Crippen LogP contribution in [-0.4, -0.2) is 11.9 Å². The molecule has 0 spiro atoms. The van der Waals surface area contributed by atoms with Crippen molar-refractivity contribution in [3.05, 3.63) is 20.8 Å². The summed E-state index contributed by atoms with van der Waals surface area (Å²) in [5, 5.41) is 0. The molecule has 1 atom stereocenters. The first-order valence-electron chi connectivity index (χ1n) is 3.38. The van der Waals surface area contributed by atoms with Gasteiger partial charge in [-0.15, -0.1) is 11.3 Å². The molecule has 1 heterocycles. The molecule has 0 aromatic carbocycles. The fourth-order valence-electron chi connectivity index (χ4n) is 0.779. The number of halogens is 1. The van der Waals surface area contributed by atoms with Crippen molar-refractivity contribution in [1.29, 1.82) is 0 Å². The lowest BCUT2D eigenvalue weighted by Gasteiger charge is -2.03. The molecule has 0 saturated carbocycles. The van der Waals surface area contributed by atoms with E-state index >= 15 is 0 Å². The minimum atomic E-state index is -0.574. The lowest BCUT2D eigenvalue weighted by molar-refractivity contribution is -0.119. The van der Waals surface area contributed by atoms with Crippen LogP contribution in [0.2, 0.25) is 0 Å². The Balaban J connectivity index is 2.58. The van der Waals surface area contributed by atoms with Gasteiger partial charge in [-0.25, -0.2) is 0 Å². The molecule has 66 valence electrons. The summed E-state index contributed by atoms with van der Waals surface area (Å²) < 4.78 is 1.04. The highest BCUT2D eigenvalue weighted by molar-refractivity contribution is 9.11. The van der Waals surface area contributed by atoms with Gasteiger partial charge >= 0.3 is 0 Å². The van der Waals surface area contributed by atoms with Gasteiger partial charge in [0, 0.05) is 11.3 Å². The monoisotopic (exact) mass is 248 g/mol. The second-order valence-corrected chi connectivity index (χ2v) is 4.97. The average Bonchev–Trinajstić information content (AvgIpc) is 2.35. The quantitative estimate of drug-likeness (QED) is 0.834. The molecule has 3 nitrogen and oxygen atoms in total. The molecule has 0 unspecified atom stereocenters. The van der Waals surface area contributed by atoms with E-state index in [1.165, 1.54) is 0 Å². The Morgan fingerprint density at radius 2 is 2.33 bits per heavy atom. The highest BCUT2D eigenvalue weighted by Crippen LogP contribution is 2.22. The number of hydrogen-bond acceptors (Lipinski definition) is 3. The normalized spacial score (nSPS) is 12.8. The first-order valence-corrected chi connectivity index (χ1v) is 4.99. The van der Waals surface area contributed by atoms with Crippen molar-refractivity contribution in [1.82, 2.24) is 0 Å². The number of amides is 1. The topological polar surface area (TPSA) is 69.1 Å². The highest BCUT2D eigenvalue weighted by Gasteiger charge is 2.10. The lowest BCUT2D eigenvalue weighted by Crippen LogP contribution is -2.37. The van der Waals surface area contributed by atoms with Crippen LogP contribution in [0, 0.1) is 0 Å². The predicted octanol–water partition coefficient (Wildman–Crippen LogP) is 0.866. The van der Waals surface area contributed by atoms with Crippen LogP contribution in [0.5, 0.6) is 0 Å². The van der Waals surface area contributed by atoms with Crippen molar-refractivity contribution in [2.75, 3.05) is 0 Å². The van der Waals surface area contributed by atoms with Gasteiger partial charge in [-0.2, -0.15) is 0 Å². The first kappa shape index (κ1) is 9.70. The van der Waals surface area contributed by atoms with Crippen LogP contribution in [0.3, 0.4) is 0 Å². The molecule has 1 amide bonds. The van der Waals surface area contributed by atoms with E-state index in [2.05, 4.69) is 15.9 Å². The van der Waals surface area contributed by atoms with Gasteiger partial charge in [-0.1, -0.05) is 0 Å². The van der Waals surface area contributed by atoms with Crippen LogP contribution in [-0.2, 0) is 11.2 Å². The zero-order valence-corrected chi connectivity index (χ0v) is 8.69. The van der Waals surface area contributed by atoms with Crippen LogP contribution in [0.4, 0.5) is 0 Å². The molecule has 12 heavy (non-hydrogen) atoms. The Morgan fingerprint density at radius 1 is 1.67 bits per heavy atom. The molecule has 5 heteroatoms. The molecule has 4 N–H and O–H groups in total. The molecule has 0 fully saturated rings. The summed E-state index contributed by atoms with van der Waals surface area (Å²) in [4.78, 5) is 11.7. The maximum Gasteiger partial charge on any atom is 0.234 e. The van der Waals surface area contributed by atoms with Crippen LogP contribution in [0.15, 0.2) is 15.9 Å². The fourth-order valence-corrected chi connectivity index (χ4v) is 2.32. The first-order chi connectivity index (χ1) is 5.59. The van der Waals surface area contributed by atoms with Crippen molar-refractivity contribution >= 4 is 33.2 Å². The Labute approximate surface area is 82.9 Å². The SMILES string of the molecule is NC(=O)[C@@H](N)Cc1ccc(Br)s1. The summed E-state index contributed by atoms with van der Waals surface area (Å²) in [6, 6.07) is 3.28. The summed E-state index contributed by atoms with van der Waals surface area (Å²) in [7, 11) is 0. The molecular formula is C7H9BrN2OS. The Morgan fingerprint density at radius 3 is 2.75 bits per heavy atom.